The Morgan fingerprint density at radius 1 is 1.43 bits per heavy atom. The van der Waals surface area contributed by atoms with Crippen molar-refractivity contribution in [3.05, 3.63) is 63.3 Å². The molecule has 1 aromatic rings. The zero-order chi connectivity index (χ0) is 21.1. The van der Waals surface area contributed by atoms with Gasteiger partial charge < -0.3 is 14.4 Å². The van der Waals surface area contributed by atoms with Gasteiger partial charge in [-0.1, -0.05) is 32.9 Å². The molecule has 0 radical (unpaired) electrons. The second kappa shape index (κ2) is 8.37. The largest absolute Gasteiger partial charge is 0.489 e. The predicted octanol–water partition coefficient (Wildman–Crippen LogP) is 4.00. The zero-order valence-electron chi connectivity index (χ0n) is 16.5. The lowest BCUT2D eigenvalue weighted by molar-refractivity contribution is 0.0693. The molecule has 0 bridgehead atoms. The van der Waals surface area contributed by atoms with Crippen LogP contribution in [-0.2, 0) is 4.74 Å². The van der Waals surface area contributed by atoms with Crippen molar-refractivity contribution in [1.29, 1.82) is 5.41 Å². The van der Waals surface area contributed by atoms with Crippen LogP contribution in [0.3, 0.4) is 0 Å². The van der Waals surface area contributed by atoms with Crippen LogP contribution in [0.1, 0.15) is 49.8 Å². The normalized spacial score (nSPS) is 16.8. The summed E-state index contributed by atoms with van der Waals surface area (Å²) in [6.07, 6.45) is 7.93. The van der Waals surface area contributed by atoms with E-state index in [0.717, 1.165) is 0 Å². The molecule has 28 heavy (non-hydrogen) atoms. The van der Waals surface area contributed by atoms with Crippen LogP contribution in [0.5, 0.6) is 0 Å². The van der Waals surface area contributed by atoms with Crippen molar-refractivity contribution in [2.45, 2.75) is 33.7 Å². The Balaban J connectivity index is 2.57. The van der Waals surface area contributed by atoms with E-state index in [1.54, 1.807) is 28.9 Å². The molecule has 0 aliphatic heterocycles. The first-order valence-electron chi connectivity index (χ1n) is 8.94. The maximum absolute atomic E-state index is 12.4. The summed E-state index contributed by atoms with van der Waals surface area (Å²) in [5.41, 5.74) is -0.0849. The van der Waals surface area contributed by atoms with Crippen LogP contribution >= 0.6 is 0 Å². The number of hydrogen-bond acceptors (Lipinski definition) is 4. The number of halogens is 1. The van der Waals surface area contributed by atoms with Gasteiger partial charge in [0.25, 0.3) is 0 Å². The first kappa shape index (κ1) is 21.3. The molecular formula is C21H25FN2O4. The fourth-order valence-electron chi connectivity index (χ4n) is 2.69. The van der Waals surface area contributed by atoms with Crippen LogP contribution in [0, 0.1) is 10.8 Å². The maximum Gasteiger partial charge on any atom is 0.341 e. The molecular weight excluding hydrogens is 363 g/mol. The number of carboxylic acids is 1. The molecule has 0 aromatic carbocycles. The average molecular weight is 388 g/mol. The van der Waals surface area contributed by atoms with Crippen LogP contribution in [0.15, 0.2) is 46.6 Å². The minimum Gasteiger partial charge on any atom is -0.489 e. The Kier molecular flexibility index (Phi) is 6.38. The third-order valence-electron chi connectivity index (χ3n) is 4.71. The number of pyridine rings is 1. The number of nitrogens with zero attached hydrogens (tertiary/aromatic N) is 1. The van der Waals surface area contributed by atoms with Crippen molar-refractivity contribution in [3.63, 3.8) is 0 Å². The van der Waals surface area contributed by atoms with E-state index >= 15 is 0 Å². The highest BCUT2D eigenvalue weighted by molar-refractivity contribution is 6.14. The van der Waals surface area contributed by atoms with Crippen LogP contribution in [0.4, 0.5) is 4.39 Å². The Hall–Kier alpha value is -2.96. The third kappa shape index (κ3) is 4.65. The number of ether oxygens (including phenoxy) is 1. The van der Waals surface area contributed by atoms with Crippen molar-refractivity contribution in [2.24, 2.45) is 5.41 Å². The molecule has 7 heteroatoms. The van der Waals surface area contributed by atoms with E-state index in [-0.39, 0.29) is 35.1 Å². The second-order valence-electron chi connectivity index (χ2n) is 7.63. The van der Waals surface area contributed by atoms with Gasteiger partial charge >= 0.3 is 5.97 Å². The van der Waals surface area contributed by atoms with Crippen molar-refractivity contribution < 1.29 is 19.0 Å². The van der Waals surface area contributed by atoms with Gasteiger partial charge in [-0.05, 0) is 24.5 Å². The minimum absolute atomic E-state index is 0.0701. The van der Waals surface area contributed by atoms with E-state index in [1.165, 1.54) is 12.3 Å². The summed E-state index contributed by atoms with van der Waals surface area (Å²) in [6.45, 7) is 7.18. The molecule has 0 amide bonds. The quantitative estimate of drug-likeness (QED) is 0.770. The smallest absolute Gasteiger partial charge is 0.341 e. The van der Waals surface area contributed by atoms with Gasteiger partial charge in [0.1, 0.15) is 30.3 Å². The number of allylic oxidation sites excluding steroid dienone is 4. The molecule has 6 nitrogen and oxygen atoms in total. The molecule has 0 saturated carbocycles. The molecule has 2 N–H and O–H groups in total. The highest BCUT2D eigenvalue weighted by atomic mass is 19.1. The van der Waals surface area contributed by atoms with E-state index in [9.17, 15) is 19.1 Å². The Morgan fingerprint density at radius 2 is 2.11 bits per heavy atom. The molecule has 0 fully saturated rings. The molecule has 150 valence electrons. The molecule has 0 spiro atoms. The fraction of sp³-hybridized carbons (Fsp3) is 0.381. The maximum atomic E-state index is 12.4. The predicted molar refractivity (Wildman–Crippen MR) is 107 cm³/mol. The fourth-order valence-corrected chi connectivity index (χ4v) is 2.69. The van der Waals surface area contributed by atoms with Gasteiger partial charge in [0, 0.05) is 29.6 Å². The lowest BCUT2D eigenvalue weighted by Crippen LogP contribution is -2.27. The number of rotatable bonds is 6. The monoisotopic (exact) mass is 388 g/mol. The summed E-state index contributed by atoms with van der Waals surface area (Å²) >= 11 is 0. The number of carbonyl (C=O) groups is 1. The Labute approximate surface area is 163 Å². The van der Waals surface area contributed by atoms with Crippen LogP contribution in [-0.4, -0.2) is 34.6 Å². The third-order valence-corrected chi connectivity index (χ3v) is 4.71. The molecule has 1 unspecified atom stereocenters. The number of aromatic carboxylic acids is 1. The lowest BCUT2D eigenvalue weighted by atomic mass is 9.87. The first-order chi connectivity index (χ1) is 13.1. The summed E-state index contributed by atoms with van der Waals surface area (Å²) in [5.74, 6) is -1.04. The Morgan fingerprint density at radius 3 is 2.68 bits per heavy atom. The highest BCUT2D eigenvalue weighted by Crippen LogP contribution is 2.31. The number of carboxylic acid groups (broad SMARTS) is 1. The van der Waals surface area contributed by atoms with Crippen LogP contribution < -0.4 is 5.43 Å². The zero-order valence-corrected chi connectivity index (χ0v) is 16.5. The van der Waals surface area contributed by atoms with Crippen molar-refractivity contribution in [1.82, 2.24) is 4.57 Å². The number of alkyl halides is 1. The molecule has 1 atom stereocenters. The van der Waals surface area contributed by atoms with Gasteiger partial charge in [0.05, 0.1) is 0 Å². The first-order valence-corrected chi connectivity index (χ1v) is 8.94. The number of nitrogens with one attached hydrogen (secondary N) is 1. The van der Waals surface area contributed by atoms with Gasteiger partial charge in [-0.3, -0.25) is 10.2 Å². The average Bonchev–Trinajstić information content (AvgIpc) is 2.61. The van der Waals surface area contributed by atoms with E-state index in [2.05, 4.69) is 0 Å². The van der Waals surface area contributed by atoms with Crippen LogP contribution in [0.2, 0.25) is 0 Å². The van der Waals surface area contributed by atoms with Crippen molar-refractivity contribution >= 4 is 17.8 Å². The molecule has 1 aliphatic rings. The van der Waals surface area contributed by atoms with Crippen LogP contribution in [0.25, 0.3) is 6.08 Å². The van der Waals surface area contributed by atoms with Crippen molar-refractivity contribution in [2.75, 3.05) is 13.3 Å². The number of hydrogen-bond donors (Lipinski definition) is 2. The SMILES string of the molecule is CC(n1cc(C(=O)O)c(=O)cc1/C=C1\C=CC=C(OCCF)C1=N)C(C)(C)C. The van der Waals surface area contributed by atoms with Gasteiger partial charge in [-0.15, -0.1) is 0 Å². The standard InChI is InChI=1S/C21H25FN2O4/c1-13(21(2,3)4)24-12-16(20(26)27)17(25)11-15(24)10-14-6-5-7-18(19(14)23)28-9-8-22/h5-7,10-13,23H,8-9H2,1-4H3,(H,26,27)/b14-10+,23-19?. The van der Waals surface area contributed by atoms with E-state index in [0.29, 0.717) is 11.3 Å². The summed E-state index contributed by atoms with van der Waals surface area (Å²) in [6, 6.07) is 1.14. The molecule has 1 heterocycles. The molecule has 0 saturated heterocycles. The molecule has 2 rings (SSSR count). The molecule has 1 aliphatic carbocycles. The second-order valence-corrected chi connectivity index (χ2v) is 7.63. The van der Waals surface area contributed by atoms with Gasteiger partial charge in [0.15, 0.2) is 5.43 Å². The Bertz CT molecular complexity index is 933. The summed E-state index contributed by atoms with van der Waals surface area (Å²) in [5, 5.41) is 17.6. The van der Waals surface area contributed by atoms with Gasteiger partial charge in [-0.25, -0.2) is 9.18 Å². The summed E-state index contributed by atoms with van der Waals surface area (Å²) in [4.78, 5) is 23.7. The number of aromatic nitrogens is 1. The van der Waals surface area contributed by atoms with E-state index in [1.807, 2.05) is 27.7 Å². The van der Waals surface area contributed by atoms with E-state index < -0.39 is 18.1 Å². The van der Waals surface area contributed by atoms with Crippen molar-refractivity contribution in [3.8, 4) is 0 Å². The summed E-state index contributed by atoms with van der Waals surface area (Å²) < 4.78 is 19.4. The highest BCUT2D eigenvalue weighted by Gasteiger charge is 2.25. The lowest BCUT2D eigenvalue weighted by Gasteiger charge is -2.31. The topological polar surface area (TPSA) is 92.4 Å². The van der Waals surface area contributed by atoms with E-state index in [4.69, 9.17) is 10.1 Å². The molecule has 1 aromatic heterocycles. The minimum atomic E-state index is -1.28. The van der Waals surface area contributed by atoms with Gasteiger partial charge in [0.2, 0.25) is 0 Å². The summed E-state index contributed by atoms with van der Waals surface area (Å²) in [7, 11) is 0. The van der Waals surface area contributed by atoms with Gasteiger partial charge in [-0.2, -0.15) is 0 Å².